The topological polar surface area (TPSA) is 38.7 Å². The first kappa shape index (κ1) is 29.7. The summed E-state index contributed by atoms with van der Waals surface area (Å²) in [5.74, 6) is 0. The van der Waals surface area contributed by atoms with Crippen LogP contribution in [0.2, 0.25) is 0 Å². The van der Waals surface area contributed by atoms with E-state index < -0.39 is 0 Å². The Hall–Kier alpha value is -3.74. The summed E-state index contributed by atoms with van der Waals surface area (Å²) in [5, 5.41) is 0. The van der Waals surface area contributed by atoms with Gasteiger partial charge >= 0.3 is 0 Å². The summed E-state index contributed by atoms with van der Waals surface area (Å²) in [4.78, 5) is 19.4. The Kier molecular flexibility index (Phi) is 9.55. The molecule has 1 aliphatic rings. The summed E-state index contributed by atoms with van der Waals surface area (Å²) < 4.78 is 0. The van der Waals surface area contributed by atoms with Gasteiger partial charge in [0.25, 0.3) is 0 Å². The Bertz CT molecular complexity index is 1300. The number of aromatic nitrogens is 2. The summed E-state index contributed by atoms with van der Waals surface area (Å²) in [7, 11) is 13.0. The molecule has 2 aromatic carbocycles. The van der Waals surface area contributed by atoms with Gasteiger partial charge < -0.3 is 9.80 Å². The molecule has 42 heavy (non-hydrogen) atoms. The average Bonchev–Trinajstić information content (AvgIpc) is 3.02. The van der Waals surface area contributed by atoms with E-state index in [0.29, 0.717) is 12.1 Å². The van der Waals surface area contributed by atoms with E-state index >= 15 is 0 Å². The zero-order chi connectivity index (χ0) is 29.6. The van der Waals surface area contributed by atoms with E-state index in [9.17, 15) is 0 Å². The summed E-state index contributed by atoms with van der Waals surface area (Å²) in [6.07, 6.45) is 8.66. The van der Waals surface area contributed by atoms with E-state index in [1.165, 1.54) is 35.3 Å². The van der Waals surface area contributed by atoms with Crippen LogP contribution >= 0.6 is 0 Å². The van der Waals surface area contributed by atoms with Crippen LogP contribution in [0.1, 0.15) is 60.3 Å². The van der Waals surface area contributed by atoms with Crippen LogP contribution in [0.3, 0.4) is 0 Å². The number of benzene rings is 2. The molecule has 4 aromatic rings. The molecule has 1 aliphatic carbocycles. The molecule has 220 valence electrons. The molecule has 4 atom stereocenters. The Morgan fingerprint density at radius 3 is 1.29 bits per heavy atom. The fourth-order valence-corrected chi connectivity index (χ4v) is 6.65. The predicted octanol–water partition coefficient (Wildman–Crippen LogP) is 6.66. The molecule has 2 heterocycles. The smallest absolute Gasteiger partial charge is 0.0777 e. The van der Waals surface area contributed by atoms with Crippen molar-refractivity contribution in [2.24, 2.45) is 0 Å². The van der Waals surface area contributed by atoms with Crippen LogP contribution in [0.4, 0.5) is 11.4 Å². The van der Waals surface area contributed by atoms with Gasteiger partial charge in [0.05, 0.1) is 23.5 Å². The van der Waals surface area contributed by atoms with Crippen molar-refractivity contribution < 1.29 is 0 Å². The second-order valence-corrected chi connectivity index (χ2v) is 12.0. The summed E-state index contributed by atoms with van der Waals surface area (Å²) in [5.41, 5.74) is 7.06. The Morgan fingerprint density at radius 1 is 0.548 bits per heavy atom. The van der Waals surface area contributed by atoms with Gasteiger partial charge in [0.15, 0.2) is 0 Å². The summed E-state index contributed by atoms with van der Waals surface area (Å²) >= 11 is 0. The molecule has 5 rings (SSSR count). The highest BCUT2D eigenvalue weighted by Gasteiger charge is 2.38. The van der Waals surface area contributed by atoms with E-state index in [4.69, 9.17) is 9.97 Å². The molecular weight excluding hydrogens is 516 g/mol. The van der Waals surface area contributed by atoms with Crippen LogP contribution in [0.15, 0.2) is 97.3 Å². The molecule has 0 aliphatic heterocycles. The monoisotopic (exact) mass is 562 g/mol. The molecule has 0 amide bonds. The number of rotatable bonds is 10. The van der Waals surface area contributed by atoms with E-state index in [1.54, 1.807) is 0 Å². The van der Waals surface area contributed by atoms with Crippen molar-refractivity contribution in [3.8, 4) is 0 Å². The summed E-state index contributed by atoms with van der Waals surface area (Å²) in [6.45, 7) is 0. The molecule has 1 fully saturated rings. The van der Waals surface area contributed by atoms with Crippen molar-refractivity contribution in [3.05, 3.63) is 120 Å². The molecule has 0 bridgehead atoms. The maximum atomic E-state index is 4.94. The second kappa shape index (κ2) is 13.5. The van der Waals surface area contributed by atoms with Crippen LogP contribution < -0.4 is 9.80 Å². The number of nitrogens with zero attached hydrogens (tertiary/aromatic N) is 6. The van der Waals surface area contributed by atoms with Gasteiger partial charge in [0, 0.05) is 64.0 Å². The minimum atomic E-state index is 0.0514. The fraction of sp³-hybridized carbons (Fsp3) is 0.389. The van der Waals surface area contributed by atoms with Crippen molar-refractivity contribution in [1.29, 1.82) is 0 Å². The third-order valence-corrected chi connectivity index (χ3v) is 8.91. The molecule has 2 unspecified atom stereocenters. The molecule has 0 spiro atoms. The minimum Gasteiger partial charge on any atom is -0.378 e. The predicted molar refractivity (Wildman–Crippen MR) is 175 cm³/mol. The molecule has 1 saturated carbocycles. The van der Waals surface area contributed by atoms with E-state index in [-0.39, 0.29) is 12.1 Å². The molecular formula is C36H46N6. The number of likely N-dealkylation sites (N-methyl/N-ethyl adjacent to an activating group) is 2. The third-order valence-electron chi connectivity index (χ3n) is 8.91. The van der Waals surface area contributed by atoms with Crippen molar-refractivity contribution in [1.82, 2.24) is 19.8 Å². The van der Waals surface area contributed by atoms with Crippen molar-refractivity contribution in [2.75, 3.05) is 52.1 Å². The Morgan fingerprint density at radius 2 is 0.929 bits per heavy atom. The zero-order valence-corrected chi connectivity index (χ0v) is 26.1. The minimum absolute atomic E-state index is 0.0514. The van der Waals surface area contributed by atoms with Gasteiger partial charge in [-0.25, -0.2) is 0 Å². The molecule has 2 aromatic heterocycles. The van der Waals surface area contributed by atoms with E-state index in [2.05, 4.69) is 147 Å². The van der Waals surface area contributed by atoms with Gasteiger partial charge in [0.1, 0.15) is 0 Å². The van der Waals surface area contributed by atoms with E-state index in [1.807, 2.05) is 12.4 Å². The van der Waals surface area contributed by atoms with Gasteiger partial charge in [-0.3, -0.25) is 19.8 Å². The standard InChI is InChI=1S/C36H46N6/c1-39(2)29-21-23-37-31(25-29)35(27-15-9-7-10-16-27)41(5)33-19-13-14-20-34(33)42(6)36(28-17-11-8-12-18-28)32-26-30(40(3)4)22-24-38-32/h7-12,15-18,21-26,33-36H,13-14,19-20H2,1-6H3/t33?,34?,35-,36-/m1/s1. The average molecular weight is 563 g/mol. The number of hydrogen-bond acceptors (Lipinski definition) is 6. The van der Waals surface area contributed by atoms with Gasteiger partial charge in [0.2, 0.25) is 0 Å². The van der Waals surface area contributed by atoms with E-state index in [0.717, 1.165) is 24.2 Å². The highest BCUT2D eigenvalue weighted by Crippen LogP contribution is 2.39. The Labute approximate surface area is 252 Å². The largest absolute Gasteiger partial charge is 0.378 e. The molecule has 6 nitrogen and oxygen atoms in total. The maximum Gasteiger partial charge on any atom is 0.0777 e. The zero-order valence-electron chi connectivity index (χ0n) is 26.1. The normalized spacial score (nSPS) is 18.6. The lowest BCUT2D eigenvalue weighted by atomic mass is 9.85. The number of pyridine rings is 2. The first-order valence-electron chi connectivity index (χ1n) is 15.2. The third kappa shape index (κ3) is 6.50. The molecule has 0 N–H and O–H groups in total. The van der Waals surface area contributed by atoms with Crippen LogP contribution in [-0.2, 0) is 0 Å². The highest BCUT2D eigenvalue weighted by molar-refractivity contribution is 5.48. The highest BCUT2D eigenvalue weighted by atomic mass is 15.3. The quantitative estimate of drug-likeness (QED) is 0.215. The molecule has 0 saturated heterocycles. The van der Waals surface area contributed by atoms with Crippen LogP contribution in [0.25, 0.3) is 0 Å². The first-order valence-corrected chi connectivity index (χ1v) is 15.2. The van der Waals surface area contributed by atoms with Gasteiger partial charge in [-0.15, -0.1) is 0 Å². The van der Waals surface area contributed by atoms with Crippen molar-refractivity contribution in [3.63, 3.8) is 0 Å². The fourth-order valence-electron chi connectivity index (χ4n) is 6.65. The Balaban J connectivity index is 1.55. The van der Waals surface area contributed by atoms with Gasteiger partial charge in [-0.05, 0) is 62.3 Å². The number of hydrogen-bond donors (Lipinski definition) is 0. The lowest BCUT2D eigenvalue weighted by Gasteiger charge is -2.47. The maximum absolute atomic E-state index is 4.94. The lowest BCUT2D eigenvalue weighted by Crippen LogP contribution is -2.53. The van der Waals surface area contributed by atoms with Gasteiger partial charge in [-0.1, -0.05) is 73.5 Å². The molecule has 6 heteroatoms. The van der Waals surface area contributed by atoms with Crippen molar-refractivity contribution >= 4 is 11.4 Å². The first-order chi connectivity index (χ1) is 20.3. The van der Waals surface area contributed by atoms with Crippen LogP contribution in [-0.4, -0.2) is 74.1 Å². The van der Waals surface area contributed by atoms with Crippen LogP contribution in [0, 0.1) is 0 Å². The second-order valence-electron chi connectivity index (χ2n) is 12.0. The lowest BCUT2D eigenvalue weighted by molar-refractivity contribution is 0.0450. The SMILES string of the molecule is CN(C)c1ccnc([C@@H](c2ccccc2)N(C)C2CCCCC2N(C)[C@H](c2ccccc2)c2cc(N(C)C)ccn2)c1. The van der Waals surface area contributed by atoms with Gasteiger partial charge in [-0.2, -0.15) is 0 Å². The van der Waals surface area contributed by atoms with Crippen LogP contribution in [0.5, 0.6) is 0 Å². The number of anilines is 2. The molecule has 0 radical (unpaired) electrons. The van der Waals surface area contributed by atoms with Crippen molar-refractivity contribution in [2.45, 2.75) is 49.9 Å². The summed E-state index contributed by atoms with van der Waals surface area (Å²) in [6, 6.07) is 31.2.